The van der Waals surface area contributed by atoms with Crippen molar-refractivity contribution in [2.45, 2.75) is 32.2 Å². The van der Waals surface area contributed by atoms with Crippen LogP contribution in [-0.2, 0) is 0 Å². The largest absolute Gasteiger partial charge is 0.322 e. The number of carbonyl (C=O) groups excluding carboxylic acids is 1. The zero-order chi connectivity index (χ0) is 19.1. The lowest BCUT2D eigenvalue weighted by atomic mass is 10.0. The van der Waals surface area contributed by atoms with Crippen LogP contribution >= 0.6 is 0 Å². The van der Waals surface area contributed by atoms with E-state index in [-0.39, 0.29) is 12.1 Å². The van der Waals surface area contributed by atoms with Gasteiger partial charge in [-0.2, -0.15) is 0 Å². The summed E-state index contributed by atoms with van der Waals surface area (Å²) in [5.41, 5.74) is 2.65. The molecule has 0 bridgehead atoms. The molecule has 0 aliphatic heterocycles. The highest BCUT2D eigenvalue weighted by molar-refractivity contribution is 5.89. The first-order chi connectivity index (χ1) is 13.2. The zero-order valence-electron chi connectivity index (χ0n) is 15.6. The lowest BCUT2D eigenvalue weighted by molar-refractivity contribution is 0.200. The monoisotopic (exact) mass is 364 g/mol. The Morgan fingerprint density at radius 2 is 2.04 bits per heavy atom. The second-order valence-corrected chi connectivity index (χ2v) is 6.40. The molecule has 27 heavy (non-hydrogen) atoms. The van der Waals surface area contributed by atoms with Gasteiger partial charge in [0.1, 0.15) is 12.7 Å². The van der Waals surface area contributed by atoms with Gasteiger partial charge in [0.25, 0.3) is 0 Å². The fraction of sp³-hybridized carbons (Fsp3) is 0.300. The van der Waals surface area contributed by atoms with Crippen LogP contribution in [0, 0.1) is 0 Å². The SMILES string of the molecule is CCCC[C@H](c1cccnc1)N(C)C(=O)Nc1cccc(-n2cnnc2)c1. The number of hydrogen-bond donors (Lipinski definition) is 1. The Labute approximate surface area is 159 Å². The van der Waals surface area contributed by atoms with Crippen LogP contribution in [0.1, 0.15) is 37.8 Å². The quantitative estimate of drug-likeness (QED) is 0.686. The molecule has 0 aliphatic carbocycles. The van der Waals surface area contributed by atoms with Crippen molar-refractivity contribution in [2.24, 2.45) is 0 Å². The summed E-state index contributed by atoms with van der Waals surface area (Å²) in [5, 5.41) is 10.6. The molecule has 2 heterocycles. The van der Waals surface area contributed by atoms with Crippen molar-refractivity contribution in [1.82, 2.24) is 24.6 Å². The molecule has 0 saturated heterocycles. The minimum absolute atomic E-state index is 0.0142. The van der Waals surface area contributed by atoms with E-state index in [4.69, 9.17) is 0 Å². The summed E-state index contributed by atoms with van der Waals surface area (Å²) in [6.07, 6.45) is 9.83. The van der Waals surface area contributed by atoms with E-state index < -0.39 is 0 Å². The summed E-state index contributed by atoms with van der Waals surface area (Å²) in [6, 6.07) is 11.3. The van der Waals surface area contributed by atoms with Crippen LogP contribution in [0.25, 0.3) is 5.69 Å². The number of nitrogens with one attached hydrogen (secondary N) is 1. The highest BCUT2D eigenvalue weighted by Crippen LogP contribution is 2.25. The number of benzene rings is 1. The second-order valence-electron chi connectivity index (χ2n) is 6.40. The van der Waals surface area contributed by atoms with Gasteiger partial charge in [-0.15, -0.1) is 10.2 Å². The van der Waals surface area contributed by atoms with E-state index in [1.165, 1.54) is 0 Å². The molecule has 1 N–H and O–H groups in total. The second kappa shape index (κ2) is 8.93. The van der Waals surface area contributed by atoms with Crippen LogP contribution in [0.5, 0.6) is 0 Å². The first kappa shape index (κ1) is 18.6. The summed E-state index contributed by atoms with van der Waals surface area (Å²) >= 11 is 0. The summed E-state index contributed by atoms with van der Waals surface area (Å²) in [4.78, 5) is 18.8. The van der Waals surface area contributed by atoms with E-state index >= 15 is 0 Å². The molecule has 0 radical (unpaired) electrons. The predicted octanol–water partition coefficient (Wildman–Crippen LogP) is 4.06. The maximum Gasteiger partial charge on any atom is 0.322 e. The minimum atomic E-state index is -0.152. The van der Waals surface area contributed by atoms with Crippen LogP contribution in [-0.4, -0.2) is 37.7 Å². The fourth-order valence-corrected chi connectivity index (χ4v) is 2.99. The lowest BCUT2D eigenvalue weighted by Crippen LogP contribution is -2.35. The molecule has 3 rings (SSSR count). The van der Waals surface area contributed by atoms with Gasteiger partial charge in [0.15, 0.2) is 0 Å². The van der Waals surface area contributed by atoms with Crippen LogP contribution in [0.2, 0.25) is 0 Å². The molecule has 1 aromatic carbocycles. The number of nitrogens with zero attached hydrogens (tertiary/aromatic N) is 5. The van der Waals surface area contributed by atoms with Gasteiger partial charge in [-0.1, -0.05) is 31.9 Å². The number of rotatable bonds is 7. The Hall–Kier alpha value is -3.22. The number of urea groups is 1. The maximum absolute atomic E-state index is 12.9. The number of pyridine rings is 1. The summed E-state index contributed by atoms with van der Waals surface area (Å²) in [6.45, 7) is 2.15. The molecular formula is C20H24N6O. The van der Waals surface area contributed by atoms with E-state index in [9.17, 15) is 4.79 Å². The average Bonchev–Trinajstić information content (AvgIpc) is 3.24. The third-order valence-electron chi connectivity index (χ3n) is 4.50. The third-order valence-corrected chi connectivity index (χ3v) is 4.50. The topological polar surface area (TPSA) is 75.9 Å². The van der Waals surface area contributed by atoms with Gasteiger partial charge < -0.3 is 10.2 Å². The molecule has 1 atom stereocenters. The highest BCUT2D eigenvalue weighted by atomic mass is 16.2. The Kier molecular flexibility index (Phi) is 6.14. The van der Waals surface area contributed by atoms with Gasteiger partial charge in [-0.05, 0) is 36.2 Å². The van der Waals surface area contributed by atoms with Gasteiger partial charge in [0, 0.05) is 25.1 Å². The van der Waals surface area contributed by atoms with E-state index in [0.29, 0.717) is 0 Å². The molecular weight excluding hydrogens is 340 g/mol. The molecule has 0 unspecified atom stereocenters. The van der Waals surface area contributed by atoms with Crippen molar-refractivity contribution >= 4 is 11.7 Å². The van der Waals surface area contributed by atoms with Crippen LogP contribution in [0.15, 0.2) is 61.4 Å². The molecule has 2 aromatic heterocycles. The smallest absolute Gasteiger partial charge is 0.320 e. The zero-order valence-corrected chi connectivity index (χ0v) is 15.6. The van der Waals surface area contributed by atoms with Crippen molar-refractivity contribution < 1.29 is 4.79 Å². The summed E-state index contributed by atoms with van der Waals surface area (Å²) in [7, 11) is 1.83. The van der Waals surface area contributed by atoms with E-state index in [1.807, 2.05) is 49.6 Å². The molecule has 0 saturated carbocycles. The average molecular weight is 364 g/mol. The Morgan fingerprint density at radius 1 is 1.22 bits per heavy atom. The summed E-state index contributed by atoms with van der Waals surface area (Å²) in [5.74, 6) is 0. The molecule has 2 amide bonds. The van der Waals surface area contributed by atoms with Gasteiger partial charge in [0.05, 0.1) is 11.7 Å². The van der Waals surface area contributed by atoms with Crippen LogP contribution in [0.4, 0.5) is 10.5 Å². The number of hydrogen-bond acceptors (Lipinski definition) is 4. The fourth-order valence-electron chi connectivity index (χ4n) is 2.99. The lowest BCUT2D eigenvalue weighted by Gasteiger charge is -2.28. The van der Waals surface area contributed by atoms with E-state index in [0.717, 1.165) is 36.2 Å². The summed E-state index contributed by atoms with van der Waals surface area (Å²) < 4.78 is 1.79. The van der Waals surface area contributed by atoms with Crippen molar-refractivity contribution in [3.8, 4) is 5.69 Å². The van der Waals surface area contributed by atoms with Crippen LogP contribution in [0.3, 0.4) is 0 Å². The highest BCUT2D eigenvalue weighted by Gasteiger charge is 2.21. The predicted molar refractivity (Wildman–Crippen MR) is 105 cm³/mol. The van der Waals surface area contributed by atoms with Crippen molar-refractivity contribution in [2.75, 3.05) is 12.4 Å². The molecule has 0 fully saturated rings. The number of aromatic nitrogens is 4. The Morgan fingerprint density at radius 3 is 2.74 bits per heavy atom. The molecule has 140 valence electrons. The van der Waals surface area contributed by atoms with Gasteiger partial charge in [-0.25, -0.2) is 4.79 Å². The van der Waals surface area contributed by atoms with Gasteiger partial charge in [0.2, 0.25) is 0 Å². The molecule has 7 heteroatoms. The van der Waals surface area contributed by atoms with Crippen LogP contribution < -0.4 is 5.32 Å². The number of carbonyl (C=O) groups is 1. The Bertz CT molecular complexity index is 850. The molecule has 0 spiro atoms. The molecule has 0 aliphatic rings. The molecule has 3 aromatic rings. The van der Waals surface area contributed by atoms with Crippen molar-refractivity contribution in [3.63, 3.8) is 0 Å². The van der Waals surface area contributed by atoms with Crippen molar-refractivity contribution in [1.29, 1.82) is 0 Å². The Balaban J connectivity index is 1.74. The normalized spacial score (nSPS) is 11.8. The third kappa shape index (κ3) is 4.69. The van der Waals surface area contributed by atoms with Crippen molar-refractivity contribution in [3.05, 3.63) is 67.0 Å². The number of anilines is 1. The first-order valence-corrected chi connectivity index (χ1v) is 9.08. The number of unbranched alkanes of at least 4 members (excludes halogenated alkanes) is 1. The first-order valence-electron chi connectivity index (χ1n) is 9.08. The van der Waals surface area contributed by atoms with Gasteiger partial charge >= 0.3 is 6.03 Å². The standard InChI is InChI=1S/C20H24N6O/c1-3-4-10-19(16-7-6-11-21-13-16)25(2)20(27)24-17-8-5-9-18(12-17)26-14-22-23-15-26/h5-9,11-15,19H,3-4,10H2,1-2H3,(H,24,27)/t19-/m1/s1. The maximum atomic E-state index is 12.9. The minimum Gasteiger partial charge on any atom is -0.320 e. The van der Waals surface area contributed by atoms with E-state index in [2.05, 4.69) is 27.4 Å². The number of amides is 2. The van der Waals surface area contributed by atoms with Gasteiger partial charge in [-0.3, -0.25) is 9.55 Å². The molecule has 7 nitrogen and oxygen atoms in total. The van der Waals surface area contributed by atoms with E-state index in [1.54, 1.807) is 28.3 Å².